The van der Waals surface area contributed by atoms with Crippen LogP contribution in [0.25, 0.3) is 0 Å². The van der Waals surface area contributed by atoms with Crippen molar-refractivity contribution in [2.24, 2.45) is 11.8 Å². The molecule has 3 N–H and O–H groups in total. The molecule has 28 heavy (non-hydrogen) atoms. The number of esters is 1. The quantitative estimate of drug-likeness (QED) is 0.591. The Labute approximate surface area is 165 Å². The third-order valence-corrected chi connectivity index (χ3v) is 4.37. The van der Waals surface area contributed by atoms with E-state index in [1.807, 2.05) is 12.1 Å². The van der Waals surface area contributed by atoms with Crippen molar-refractivity contribution in [1.29, 1.82) is 5.26 Å². The molecule has 0 aliphatic rings. The summed E-state index contributed by atoms with van der Waals surface area (Å²) in [7, 11) is 0. The Morgan fingerprint density at radius 2 is 1.75 bits per heavy atom. The molecule has 0 aliphatic carbocycles. The summed E-state index contributed by atoms with van der Waals surface area (Å²) in [5, 5.41) is 17.0. The van der Waals surface area contributed by atoms with Crippen molar-refractivity contribution < 1.29 is 19.1 Å². The minimum absolute atomic E-state index is 0.121. The fourth-order valence-electron chi connectivity index (χ4n) is 2.18. The summed E-state index contributed by atoms with van der Waals surface area (Å²) >= 11 is 0. The minimum atomic E-state index is -1.06. The second-order valence-corrected chi connectivity index (χ2v) is 7.31. The van der Waals surface area contributed by atoms with Crippen LogP contribution in [0.15, 0.2) is 30.3 Å². The molecule has 0 heterocycles. The summed E-state index contributed by atoms with van der Waals surface area (Å²) in [6.45, 7) is 8.18. The number of rotatable bonds is 8. The Kier molecular flexibility index (Phi) is 8.45. The summed E-state index contributed by atoms with van der Waals surface area (Å²) in [6, 6.07) is 9.36. The summed E-state index contributed by atoms with van der Waals surface area (Å²) in [5.41, 5.74) is -0.478. The van der Waals surface area contributed by atoms with E-state index in [1.54, 1.807) is 58.9 Å². The zero-order valence-electron chi connectivity index (χ0n) is 16.9. The molecule has 0 radical (unpaired) electrons. The number of nitrogens with zero attached hydrogens (tertiary/aromatic N) is 1. The Balaban J connectivity index is 2.62. The fraction of sp³-hybridized carbons (Fsp3) is 0.500. The van der Waals surface area contributed by atoms with Gasteiger partial charge in [-0.1, -0.05) is 45.9 Å². The van der Waals surface area contributed by atoms with E-state index in [0.29, 0.717) is 5.69 Å². The van der Waals surface area contributed by atoms with Crippen LogP contribution < -0.4 is 16.0 Å². The third-order valence-electron chi connectivity index (χ3n) is 4.37. The van der Waals surface area contributed by atoms with Crippen LogP contribution >= 0.6 is 0 Å². The maximum Gasteiger partial charge on any atom is 0.329 e. The Morgan fingerprint density at radius 3 is 2.25 bits per heavy atom. The molecule has 1 aromatic carbocycles. The van der Waals surface area contributed by atoms with Gasteiger partial charge in [0.05, 0.1) is 6.07 Å². The average Bonchev–Trinajstić information content (AvgIpc) is 2.64. The van der Waals surface area contributed by atoms with Gasteiger partial charge in [0.15, 0.2) is 6.61 Å². The first-order valence-corrected chi connectivity index (χ1v) is 9.10. The van der Waals surface area contributed by atoms with E-state index in [0.717, 1.165) is 0 Å². The standard InChI is InChI=1S/C20H28N4O4/c1-13(2)17(23-19(27)22-15-9-7-6-8-10-15)18(26)28-11-16(25)24-20(5,12-21)14(3)4/h6-10,13-14,17H,11H2,1-5H3,(H,24,25)(H2,22,23,27)/t17-,20-/m1/s1. The topological polar surface area (TPSA) is 120 Å². The molecule has 152 valence electrons. The second-order valence-electron chi connectivity index (χ2n) is 7.31. The molecule has 0 spiro atoms. The van der Waals surface area contributed by atoms with Gasteiger partial charge in [-0.05, 0) is 30.9 Å². The number of urea groups is 1. The van der Waals surface area contributed by atoms with E-state index >= 15 is 0 Å². The molecule has 8 heteroatoms. The van der Waals surface area contributed by atoms with Crippen LogP contribution in [0, 0.1) is 23.2 Å². The van der Waals surface area contributed by atoms with Gasteiger partial charge in [-0.25, -0.2) is 9.59 Å². The number of amides is 3. The fourth-order valence-corrected chi connectivity index (χ4v) is 2.18. The first kappa shape index (κ1) is 23.0. The first-order chi connectivity index (χ1) is 13.1. The number of anilines is 1. The van der Waals surface area contributed by atoms with Gasteiger partial charge in [-0.15, -0.1) is 0 Å². The molecule has 0 aliphatic heterocycles. The van der Waals surface area contributed by atoms with Gasteiger partial charge in [-0.3, -0.25) is 4.79 Å². The van der Waals surface area contributed by atoms with Gasteiger partial charge < -0.3 is 20.7 Å². The third kappa shape index (κ3) is 6.91. The number of hydrogen-bond acceptors (Lipinski definition) is 5. The molecule has 0 fully saturated rings. The highest BCUT2D eigenvalue weighted by Gasteiger charge is 2.31. The zero-order valence-corrected chi connectivity index (χ0v) is 16.9. The Morgan fingerprint density at radius 1 is 1.14 bits per heavy atom. The van der Waals surface area contributed by atoms with Crippen molar-refractivity contribution in [3.8, 4) is 6.07 Å². The molecule has 0 saturated carbocycles. The molecular formula is C20H28N4O4. The normalized spacial score (nSPS) is 13.8. The van der Waals surface area contributed by atoms with E-state index in [2.05, 4.69) is 16.0 Å². The highest BCUT2D eigenvalue weighted by molar-refractivity contribution is 5.93. The van der Waals surface area contributed by atoms with Crippen LogP contribution in [0.1, 0.15) is 34.6 Å². The van der Waals surface area contributed by atoms with Crippen LogP contribution in [0.3, 0.4) is 0 Å². The second kappa shape index (κ2) is 10.3. The molecule has 3 amide bonds. The number of carbonyl (C=O) groups excluding carboxylic acids is 3. The summed E-state index contributed by atoms with van der Waals surface area (Å²) in [6.07, 6.45) is 0. The molecule has 0 saturated heterocycles. The molecule has 0 aromatic heterocycles. The highest BCUT2D eigenvalue weighted by Crippen LogP contribution is 2.15. The van der Waals surface area contributed by atoms with E-state index in [4.69, 9.17) is 4.74 Å². The smallest absolute Gasteiger partial charge is 0.329 e. The highest BCUT2D eigenvalue weighted by atomic mass is 16.5. The summed E-state index contributed by atoms with van der Waals surface area (Å²) in [5.74, 6) is -1.68. The number of ether oxygens (including phenoxy) is 1. The SMILES string of the molecule is CC(C)[C@@H](NC(=O)Nc1ccccc1)C(=O)OCC(=O)N[C@](C)(C#N)C(C)C. The maximum absolute atomic E-state index is 12.3. The zero-order chi connectivity index (χ0) is 21.3. The van der Waals surface area contributed by atoms with Crippen molar-refractivity contribution in [3.05, 3.63) is 30.3 Å². The van der Waals surface area contributed by atoms with Crippen LogP contribution in [0.5, 0.6) is 0 Å². The molecule has 0 bridgehead atoms. The summed E-state index contributed by atoms with van der Waals surface area (Å²) in [4.78, 5) is 36.5. The maximum atomic E-state index is 12.3. The van der Waals surface area contributed by atoms with Gasteiger partial charge in [0.1, 0.15) is 11.6 Å². The number of carbonyl (C=O) groups is 3. The number of hydrogen-bond donors (Lipinski definition) is 3. The van der Waals surface area contributed by atoms with Crippen molar-refractivity contribution in [3.63, 3.8) is 0 Å². The number of nitriles is 1. The average molecular weight is 388 g/mol. The summed E-state index contributed by atoms with van der Waals surface area (Å²) < 4.78 is 5.05. The minimum Gasteiger partial charge on any atom is -0.454 e. The lowest BCUT2D eigenvalue weighted by molar-refractivity contribution is -0.151. The predicted molar refractivity (Wildman–Crippen MR) is 105 cm³/mol. The van der Waals surface area contributed by atoms with Crippen molar-refractivity contribution in [2.75, 3.05) is 11.9 Å². The van der Waals surface area contributed by atoms with Gasteiger partial charge in [0.25, 0.3) is 5.91 Å². The van der Waals surface area contributed by atoms with Crippen LogP contribution in [0.2, 0.25) is 0 Å². The van der Waals surface area contributed by atoms with Gasteiger partial charge in [-0.2, -0.15) is 5.26 Å². The van der Waals surface area contributed by atoms with E-state index in [9.17, 15) is 19.6 Å². The van der Waals surface area contributed by atoms with E-state index in [1.165, 1.54) is 0 Å². The lowest BCUT2D eigenvalue weighted by atomic mass is 9.90. The molecule has 2 atom stereocenters. The first-order valence-electron chi connectivity index (χ1n) is 9.10. The molecule has 1 aromatic rings. The van der Waals surface area contributed by atoms with Crippen molar-refractivity contribution in [2.45, 2.75) is 46.2 Å². The lowest BCUT2D eigenvalue weighted by Crippen LogP contribution is -2.51. The molecule has 8 nitrogen and oxygen atoms in total. The van der Waals surface area contributed by atoms with Crippen molar-refractivity contribution in [1.82, 2.24) is 10.6 Å². The molecular weight excluding hydrogens is 360 g/mol. The number of para-hydroxylation sites is 1. The Bertz CT molecular complexity index is 727. The van der Waals surface area contributed by atoms with Crippen LogP contribution in [0.4, 0.5) is 10.5 Å². The van der Waals surface area contributed by atoms with Crippen molar-refractivity contribution >= 4 is 23.6 Å². The number of nitrogens with one attached hydrogen (secondary N) is 3. The monoisotopic (exact) mass is 388 g/mol. The van der Waals surface area contributed by atoms with Crippen LogP contribution in [-0.4, -0.2) is 36.1 Å². The van der Waals surface area contributed by atoms with E-state index < -0.39 is 36.1 Å². The van der Waals surface area contributed by atoms with Crippen LogP contribution in [-0.2, 0) is 14.3 Å². The lowest BCUT2D eigenvalue weighted by Gasteiger charge is -2.27. The predicted octanol–water partition coefficient (Wildman–Crippen LogP) is 2.43. The number of benzene rings is 1. The van der Waals surface area contributed by atoms with Gasteiger partial charge in [0.2, 0.25) is 0 Å². The van der Waals surface area contributed by atoms with Gasteiger partial charge >= 0.3 is 12.0 Å². The molecule has 0 unspecified atom stereocenters. The van der Waals surface area contributed by atoms with Gasteiger partial charge in [0, 0.05) is 5.69 Å². The largest absolute Gasteiger partial charge is 0.454 e. The van der Waals surface area contributed by atoms with E-state index in [-0.39, 0.29) is 11.8 Å². The Hall–Kier alpha value is -3.08. The molecule has 1 rings (SSSR count).